The Hall–Kier alpha value is -0.0300. The van der Waals surface area contributed by atoms with Gasteiger partial charge in [-0.05, 0) is 53.4 Å². The number of hydrogen-bond donors (Lipinski definition) is 1. The molecule has 2 atom stereocenters. The number of nitrogens with zero attached hydrogens (tertiary/aromatic N) is 2. The lowest BCUT2D eigenvalue weighted by Gasteiger charge is -2.19. The molecule has 0 aromatic carbocycles. The molecule has 2 aliphatic rings. The second-order valence-electron chi connectivity index (χ2n) is 4.82. The van der Waals surface area contributed by atoms with Gasteiger partial charge in [0.25, 0.3) is 0 Å². The third-order valence-corrected chi connectivity index (χ3v) is 4.56. The van der Waals surface area contributed by atoms with Crippen molar-refractivity contribution in [3.8, 4) is 0 Å². The lowest BCUT2D eigenvalue weighted by molar-refractivity contribution is 0.556. The van der Waals surface area contributed by atoms with E-state index in [2.05, 4.69) is 44.1 Å². The summed E-state index contributed by atoms with van der Waals surface area (Å²) in [6, 6.07) is 2.92. The normalized spacial score (nSPS) is 25.3. The lowest BCUT2D eigenvalue weighted by Crippen LogP contribution is -2.30. The van der Waals surface area contributed by atoms with Crippen molar-refractivity contribution in [2.75, 3.05) is 24.5 Å². The Bertz CT molecular complexity index is 404. The molecule has 0 spiro atoms. The summed E-state index contributed by atoms with van der Waals surface area (Å²) in [5.41, 5.74) is 2.47. The molecule has 1 N–H and O–H groups in total. The van der Waals surface area contributed by atoms with Gasteiger partial charge in [-0.3, -0.25) is 0 Å². The van der Waals surface area contributed by atoms with Gasteiger partial charge in [0.2, 0.25) is 0 Å². The van der Waals surface area contributed by atoms with Gasteiger partial charge in [-0.2, -0.15) is 0 Å². The fourth-order valence-electron chi connectivity index (χ4n) is 2.78. The summed E-state index contributed by atoms with van der Waals surface area (Å²) in [7, 11) is 0. The van der Waals surface area contributed by atoms with Crippen LogP contribution in [0.5, 0.6) is 0 Å². The summed E-state index contributed by atoms with van der Waals surface area (Å²) in [5, 5.41) is 3.57. The summed E-state index contributed by atoms with van der Waals surface area (Å²) in [6.07, 6.45) is 3.29. The van der Waals surface area contributed by atoms with E-state index in [1.54, 1.807) is 0 Å². The van der Waals surface area contributed by atoms with E-state index < -0.39 is 0 Å². The van der Waals surface area contributed by atoms with Crippen LogP contribution in [0.3, 0.4) is 0 Å². The molecule has 2 aliphatic heterocycles. The SMILES string of the molecule is Cc1cc(N2C[C@H]3CCN[C@H]3C2)cnc1Br.Cl.Cl. The number of aromatic nitrogens is 1. The number of halogens is 3. The zero-order valence-corrected chi connectivity index (χ0v) is 13.4. The Balaban J connectivity index is 0.000000810. The fourth-order valence-corrected chi connectivity index (χ4v) is 2.99. The number of fused-ring (bicyclic) bond motifs is 1. The molecule has 0 aliphatic carbocycles. The van der Waals surface area contributed by atoms with E-state index in [-0.39, 0.29) is 24.8 Å². The summed E-state index contributed by atoms with van der Waals surface area (Å²) < 4.78 is 0.953. The number of hydrogen-bond acceptors (Lipinski definition) is 3. The summed E-state index contributed by atoms with van der Waals surface area (Å²) in [6.45, 7) is 5.60. The van der Waals surface area contributed by atoms with Crippen molar-refractivity contribution in [2.24, 2.45) is 5.92 Å². The van der Waals surface area contributed by atoms with Crippen molar-refractivity contribution < 1.29 is 0 Å². The zero-order valence-electron chi connectivity index (χ0n) is 10.2. The third-order valence-electron chi connectivity index (χ3n) is 3.73. The van der Waals surface area contributed by atoms with Crippen LogP contribution in [0.4, 0.5) is 5.69 Å². The molecule has 0 saturated carbocycles. The standard InChI is InChI=1S/C12H16BrN3.2ClH/c1-8-4-10(5-15-12(8)13)16-6-9-2-3-14-11(9)7-16;;/h4-5,9,11,14H,2-3,6-7H2,1H3;2*1H/t9-,11+;;/m1../s1. The average Bonchev–Trinajstić information content (AvgIpc) is 2.81. The van der Waals surface area contributed by atoms with Crippen molar-refractivity contribution in [3.63, 3.8) is 0 Å². The summed E-state index contributed by atoms with van der Waals surface area (Å²) in [5.74, 6) is 0.837. The Labute approximate surface area is 129 Å². The second kappa shape index (κ2) is 6.42. The minimum atomic E-state index is 0. The van der Waals surface area contributed by atoms with Crippen LogP contribution < -0.4 is 10.2 Å². The van der Waals surface area contributed by atoms with Crippen molar-refractivity contribution in [1.82, 2.24) is 10.3 Å². The number of aryl methyl sites for hydroxylation is 1. The molecule has 1 aromatic rings. The van der Waals surface area contributed by atoms with E-state index in [1.807, 2.05) is 6.20 Å². The molecule has 6 heteroatoms. The molecule has 0 unspecified atom stereocenters. The fraction of sp³-hybridized carbons (Fsp3) is 0.583. The monoisotopic (exact) mass is 353 g/mol. The van der Waals surface area contributed by atoms with Crippen molar-refractivity contribution in [3.05, 3.63) is 22.4 Å². The molecule has 18 heavy (non-hydrogen) atoms. The molecule has 1 aromatic heterocycles. The Kier molecular flexibility index (Phi) is 5.71. The van der Waals surface area contributed by atoms with Crippen LogP contribution >= 0.6 is 40.7 Å². The van der Waals surface area contributed by atoms with Gasteiger partial charge in [0.15, 0.2) is 0 Å². The van der Waals surface area contributed by atoms with Crippen LogP contribution in [0.1, 0.15) is 12.0 Å². The van der Waals surface area contributed by atoms with Crippen molar-refractivity contribution >= 4 is 46.4 Å². The first-order valence-corrected chi connectivity index (χ1v) is 6.64. The number of nitrogens with one attached hydrogen (secondary N) is 1. The van der Waals surface area contributed by atoms with Crippen molar-refractivity contribution in [1.29, 1.82) is 0 Å². The number of anilines is 1. The highest BCUT2D eigenvalue weighted by Crippen LogP contribution is 2.29. The Morgan fingerprint density at radius 2 is 2.17 bits per heavy atom. The zero-order chi connectivity index (χ0) is 11.1. The highest BCUT2D eigenvalue weighted by atomic mass is 79.9. The first-order chi connectivity index (χ1) is 7.74. The Morgan fingerprint density at radius 1 is 1.39 bits per heavy atom. The maximum absolute atomic E-state index is 4.37. The number of pyridine rings is 1. The van der Waals surface area contributed by atoms with Gasteiger partial charge in [0.1, 0.15) is 4.60 Å². The van der Waals surface area contributed by atoms with Gasteiger partial charge in [-0.25, -0.2) is 4.98 Å². The quantitative estimate of drug-likeness (QED) is 0.786. The highest BCUT2D eigenvalue weighted by Gasteiger charge is 2.35. The highest BCUT2D eigenvalue weighted by molar-refractivity contribution is 9.10. The van der Waals surface area contributed by atoms with Crippen LogP contribution in [0.2, 0.25) is 0 Å². The van der Waals surface area contributed by atoms with Crippen LogP contribution in [-0.2, 0) is 0 Å². The third kappa shape index (κ3) is 2.93. The van der Waals surface area contributed by atoms with Gasteiger partial charge in [0.05, 0.1) is 11.9 Å². The van der Waals surface area contributed by atoms with Gasteiger partial charge in [-0.1, -0.05) is 0 Å². The van der Waals surface area contributed by atoms with Crippen LogP contribution in [-0.4, -0.2) is 30.7 Å². The molecule has 102 valence electrons. The van der Waals surface area contributed by atoms with Gasteiger partial charge < -0.3 is 10.2 Å². The van der Waals surface area contributed by atoms with Gasteiger partial charge in [-0.15, -0.1) is 24.8 Å². The van der Waals surface area contributed by atoms with E-state index in [0.717, 1.165) is 17.1 Å². The van der Waals surface area contributed by atoms with E-state index in [9.17, 15) is 0 Å². The minimum absolute atomic E-state index is 0. The van der Waals surface area contributed by atoms with Crippen LogP contribution in [0, 0.1) is 12.8 Å². The number of rotatable bonds is 1. The first-order valence-electron chi connectivity index (χ1n) is 5.84. The maximum atomic E-state index is 4.37. The largest absolute Gasteiger partial charge is 0.368 e. The second-order valence-corrected chi connectivity index (χ2v) is 5.57. The predicted octanol–water partition coefficient (Wildman–Crippen LogP) is 2.79. The maximum Gasteiger partial charge on any atom is 0.109 e. The molecule has 3 nitrogen and oxygen atoms in total. The lowest BCUT2D eigenvalue weighted by atomic mass is 10.1. The molecular formula is C12H18BrCl2N3. The van der Waals surface area contributed by atoms with Gasteiger partial charge in [0, 0.05) is 19.1 Å². The molecular weight excluding hydrogens is 337 g/mol. The molecule has 2 saturated heterocycles. The molecule has 2 fully saturated rings. The minimum Gasteiger partial charge on any atom is -0.368 e. The van der Waals surface area contributed by atoms with Gasteiger partial charge >= 0.3 is 0 Å². The smallest absolute Gasteiger partial charge is 0.109 e. The summed E-state index contributed by atoms with van der Waals surface area (Å²) in [4.78, 5) is 6.82. The average molecular weight is 355 g/mol. The van der Waals surface area contributed by atoms with Crippen LogP contribution in [0.25, 0.3) is 0 Å². The Morgan fingerprint density at radius 3 is 2.83 bits per heavy atom. The summed E-state index contributed by atoms with van der Waals surface area (Å²) >= 11 is 3.44. The van der Waals surface area contributed by atoms with E-state index in [4.69, 9.17) is 0 Å². The van der Waals surface area contributed by atoms with Crippen molar-refractivity contribution in [2.45, 2.75) is 19.4 Å². The molecule has 3 heterocycles. The van der Waals surface area contributed by atoms with E-state index >= 15 is 0 Å². The first kappa shape index (κ1) is 16.0. The molecule has 3 rings (SSSR count). The van der Waals surface area contributed by atoms with E-state index in [0.29, 0.717) is 6.04 Å². The molecule has 0 amide bonds. The molecule has 0 radical (unpaired) electrons. The topological polar surface area (TPSA) is 28.2 Å². The van der Waals surface area contributed by atoms with Crippen LogP contribution in [0.15, 0.2) is 16.9 Å². The molecule has 0 bridgehead atoms. The predicted molar refractivity (Wildman–Crippen MR) is 83.3 cm³/mol. The van der Waals surface area contributed by atoms with E-state index in [1.165, 1.54) is 30.8 Å².